The van der Waals surface area contributed by atoms with Gasteiger partial charge in [0.15, 0.2) is 0 Å². The Morgan fingerprint density at radius 1 is 1.22 bits per heavy atom. The molecule has 0 aromatic heterocycles. The van der Waals surface area contributed by atoms with Crippen molar-refractivity contribution >= 4 is 5.97 Å². The number of rotatable bonds is 3. The first-order chi connectivity index (χ1) is 8.74. The third kappa shape index (κ3) is 2.82. The second-order valence-corrected chi connectivity index (χ2v) is 4.51. The zero-order chi connectivity index (χ0) is 13.0. The fourth-order valence-electron chi connectivity index (χ4n) is 2.37. The van der Waals surface area contributed by atoms with Gasteiger partial charge in [0.1, 0.15) is 5.75 Å². The van der Waals surface area contributed by atoms with E-state index in [2.05, 4.69) is 5.32 Å². The molecule has 1 heterocycles. The van der Waals surface area contributed by atoms with Crippen molar-refractivity contribution in [2.75, 3.05) is 27.3 Å². The average molecular weight is 249 g/mol. The van der Waals surface area contributed by atoms with E-state index in [-0.39, 0.29) is 5.97 Å². The lowest BCUT2D eigenvalue weighted by Crippen LogP contribution is -2.26. The largest absolute Gasteiger partial charge is 0.497 e. The van der Waals surface area contributed by atoms with Crippen LogP contribution in [0, 0.1) is 0 Å². The van der Waals surface area contributed by atoms with E-state index in [0.717, 1.165) is 31.5 Å². The van der Waals surface area contributed by atoms with Crippen molar-refractivity contribution < 1.29 is 14.3 Å². The van der Waals surface area contributed by atoms with Crippen molar-refractivity contribution in [3.8, 4) is 5.75 Å². The number of piperidine rings is 1. The van der Waals surface area contributed by atoms with Crippen LogP contribution in [-0.2, 0) is 4.74 Å². The molecule has 18 heavy (non-hydrogen) atoms. The molecule has 0 saturated carbocycles. The van der Waals surface area contributed by atoms with E-state index in [1.165, 1.54) is 7.11 Å². The van der Waals surface area contributed by atoms with Crippen LogP contribution in [0.1, 0.15) is 34.7 Å². The molecule has 0 unspecified atom stereocenters. The average Bonchev–Trinajstić information content (AvgIpc) is 2.46. The minimum atomic E-state index is -0.316. The summed E-state index contributed by atoms with van der Waals surface area (Å²) in [6.07, 6.45) is 2.18. The third-order valence-corrected chi connectivity index (χ3v) is 3.40. The molecule has 0 atom stereocenters. The smallest absolute Gasteiger partial charge is 0.337 e. The number of methoxy groups -OCH3 is 2. The van der Waals surface area contributed by atoms with Crippen LogP contribution >= 0.6 is 0 Å². The Morgan fingerprint density at radius 2 is 1.94 bits per heavy atom. The highest BCUT2D eigenvalue weighted by atomic mass is 16.5. The Labute approximate surface area is 107 Å². The summed E-state index contributed by atoms with van der Waals surface area (Å²) >= 11 is 0. The number of hydrogen-bond acceptors (Lipinski definition) is 4. The minimum absolute atomic E-state index is 0.316. The number of carbonyl (C=O) groups excluding carboxylic acids is 1. The molecule has 1 N–H and O–H groups in total. The van der Waals surface area contributed by atoms with Gasteiger partial charge in [-0.05, 0) is 55.6 Å². The first-order valence-electron chi connectivity index (χ1n) is 6.22. The Morgan fingerprint density at radius 3 is 2.56 bits per heavy atom. The summed E-state index contributed by atoms with van der Waals surface area (Å²) in [5, 5.41) is 3.34. The summed E-state index contributed by atoms with van der Waals surface area (Å²) < 4.78 is 10.0. The van der Waals surface area contributed by atoms with Crippen LogP contribution < -0.4 is 10.1 Å². The molecule has 0 amide bonds. The molecule has 0 aliphatic carbocycles. The maximum absolute atomic E-state index is 11.6. The summed E-state index contributed by atoms with van der Waals surface area (Å²) in [6.45, 7) is 2.05. The topological polar surface area (TPSA) is 47.6 Å². The molecule has 1 saturated heterocycles. The monoisotopic (exact) mass is 249 g/mol. The molecule has 1 aliphatic rings. The summed E-state index contributed by atoms with van der Waals surface area (Å²) in [4.78, 5) is 11.6. The number of esters is 1. The van der Waals surface area contributed by atoms with E-state index in [0.29, 0.717) is 17.2 Å². The summed E-state index contributed by atoms with van der Waals surface area (Å²) in [7, 11) is 3.01. The van der Waals surface area contributed by atoms with Crippen LogP contribution in [0.2, 0.25) is 0 Å². The van der Waals surface area contributed by atoms with Gasteiger partial charge in [-0.25, -0.2) is 4.79 Å². The second kappa shape index (κ2) is 5.87. The number of nitrogens with one attached hydrogen (secondary N) is 1. The van der Waals surface area contributed by atoms with Crippen LogP contribution in [0.25, 0.3) is 0 Å². The molecular weight excluding hydrogens is 230 g/mol. The standard InChI is InChI=1S/C14H19NO3/c1-17-13-8-11(10-3-5-15-6-4-10)7-12(9-13)14(16)18-2/h7-10,15H,3-6H2,1-2H3. The number of ether oxygens (including phenoxy) is 2. The van der Waals surface area contributed by atoms with Gasteiger partial charge in [0.25, 0.3) is 0 Å². The Hall–Kier alpha value is -1.55. The molecule has 1 fully saturated rings. The van der Waals surface area contributed by atoms with Crippen molar-refractivity contribution in [3.63, 3.8) is 0 Å². The summed E-state index contributed by atoms with van der Waals surface area (Å²) in [6, 6.07) is 5.66. The number of benzene rings is 1. The number of hydrogen-bond donors (Lipinski definition) is 1. The zero-order valence-corrected chi connectivity index (χ0v) is 10.9. The molecule has 98 valence electrons. The predicted molar refractivity (Wildman–Crippen MR) is 69.2 cm³/mol. The highest BCUT2D eigenvalue weighted by Gasteiger charge is 2.18. The van der Waals surface area contributed by atoms with Gasteiger partial charge >= 0.3 is 5.97 Å². The van der Waals surface area contributed by atoms with Crippen LogP contribution in [0.5, 0.6) is 5.75 Å². The Balaban J connectivity index is 2.30. The highest BCUT2D eigenvalue weighted by Crippen LogP contribution is 2.29. The molecule has 4 heteroatoms. The van der Waals surface area contributed by atoms with Gasteiger partial charge < -0.3 is 14.8 Å². The van der Waals surface area contributed by atoms with Gasteiger partial charge in [-0.2, -0.15) is 0 Å². The molecule has 1 aliphatic heterocycles. The molecule has 0 radical (unpaired) electrons. The van der Waals surface area contributed by atoms with Gasteiger partial charge in [0, 0.05) is 0 Å². The van der Waals surface area contributed by atoms with Crippen molar-refractivity contribution in [2.45, 2.75) is 18.8 Å². The van der Waals surface area contributed by atoms with Crippen LogP contribution in [-0.4, -0.2) is 33.3 Å². The molecule has 0 spiro atoms. The lowest BCUT2D eigenvalue weighted by molar-refractivity contribution is 0.0600. The van der Waals surface area contributed by atoms with Gasteiger partial charge in [-0.1, -0.05) is 0 Å². The quantitative estimate of drug-likeness (QED) is 0.832. The minimum Gasteiger partial charge on any atom is -0.497 e. The SMILES string of the molecule is COC(=O)c1cc(OC)cc(C2CCNCC2)c1. The van der Waals surface area contributed by atoms with Gasteiger partial charge in [0.2, 0.25) is 0 Å². The molecule has 0 bridgehead atoms. The van der Waals surface area contributed by atoms with Crippen LogP contribution in [0.3, 0.4) is 0 Å². The lowest BCUT2D eigenvalue weighted by atomic mass is 9.89. The first-order valence-corrected chi connectivity index (χ1v) is 6.22. The van der Waals surface area contributed by atoms with Gasteiger partial charge in [-0.15, -0.1) is 0 Å². The molecule has 2 rings (SSSR count). The molecule has 1 aromatic carbocycles. The van der Waals surface area contributed by atoms with Gasteiger partial charge in [-0.3, -0.25) is 0 Å². The van der Waals surface area contributed by atoms with E-state index >= 15 is 0 Å². The van der Waals surface area contributed by atoms with E-state index in [1.807, 2.05) is 12.1 Å². The zero-order valence-electron chi connectivity index (χ0n) is 10.9. The van der Waals surface area contributed by atoms with E-state index in [4.69, 9.17) is 9.47 Å². The first kappa shape index (κ1) is 12.9. The maximum Gasteiger partial charge on any atom is 0.337 e. The molecular formula is C14H19NO3. The van der Waals surface area contributed by atoms with E-state index in [9.17, 15) is 4.79 Å². The Bertz CT molecular complexity index is 425. The highest BCUT2D eigenvalue weighted by molar-refractivity contribution is 5.90. The normalized spacial score (nSPS) is 16.3. The van der Waals surface area contributed by atoms with Crippen LogP contribution in [0.4, 0.5) is 0 Å². The second-order valence-electron chi connectivity index (χ2n) is 4.51. The lowest BCUT2D eigenvalue weighted by Gasteiger charge is -2.23. The predicted octanol–water partition coefficient (Wildman–Crippen LogP) is 1.95. The summed E-state index contributed by atoms with van der Waals surface area (Å²) in [5.41, 5.74) is 1.72. The van der Waals surface area contributed by atoms with Crippen molar-refractivity contribution in [1.29, 1.82) is 0 Å². The summed E-state index contributed by atoms with van der Waals surface area (Å²) in [5.74, 6) is 0.889. The van der Waals surface area contributed by atoms with E-state index in [1.54, 1.807) is 13.2 Å². The number of carbonyl (C=O) groups is 1. The van der Waals surface area contributed by atoms with Crippen molar-refractivity contribution in [3.05, 3.63) is 29.3 Å². The van der Waals surface area contributed by atoms with E-state index < -0.39 is 0 Å². The Kier molecular flexibility index (Phi) is 4.20. The fourth-order valence-corrected chi connectivity index (χ4v) is 2.37. The molecule has 1 aromatic rings. The fraction of sp³-hybridized carbons (Fsp3) is 0.500. The van der Waals surface area contributed by atoms with Crippen molar-refractivity contribution in [2.24, 2.45) is 0 Å². The third-order valence-electron chi connectivity index (χ3n) is 3.40. The van der Waals surface area contributed by atoms with Crippen LogP contribution in [0.15, 0.2) is 18.2 Å². The molecule has 4 nitrogen and oxygen atoms in total. The van der Waals surface area contributed by atoms with Gasteiger partial charge in [0.05, 0.1) is 19.8 Å². The van der Waals surface area contributed by atoms with Crippen molar-refractivity contribution in [1.82, 2.24) is 5.32 Å². The maximum atomic E-state index is 11.6.